The van der Waals surface area contributed by atoms with Crippen molar-refractivity contribution in [1.29, 1.82) is 0 Å². The number of hydrogen-bond donors (Lipinski definition) is 1. The zero-order valence-electron chi connectivity index (χ0n) is 20.8. The molecule has 1 aliphatic heterocycles. The van der Waals surface area contributed by atoms with Gasteiger partial charge >= 0.3 is 0 Å². The summed E-state index contributed by atoms with van der Waals surface area (Å²) in [7, 11) is 0. The SMILES string of the molecule is CCCNC(=O)[C@H](CC)N(Cc1ccccc1Cl)C(=O)CCCN1C(=O)c2cccc3cccc1c23. The summed E-state index contributed by atoms with van der Waals surface area (Å²) in [5.41, 5.74) is 2.39. The third-order valence-corrected chi connectivity index (χ3v) is 7.02. The Balaban J connectivity index is 1.49. The number of halogens is 1. The van der Waals surface area contributed by atoms with Gasteiger partial charge in [-0.3, -0.25) is 14.4 Å². The first kappa shape index (κ1) is 25.7. The van der Waals surface area contributed by atoms with Crippen molar-refractivity contribution in [3.05, 3.63) is 76.8 Å². The summed E-state index contributed by atoms with van der Waals surface area (Å²) >= 11 is 6.39. The molecule has 1 atom stereocenters. The van der Waals surface area contributed by atoms with Crippen molar-refractivity contribution < 1.29 is 14.4 Å². The van der Waals surface area contributed by atoms with Gasteiger partial charge in [0.2, 0.25) is 11.8 Å². The molecule has 0 aromatic heterocycles. The molecule has 6 nitrogen and oxygen atoms in total. The number of carbonyl (C=O) groups excluding carboxylic acids is 3. The summed E-state index contributed by atoms with van der Waals surface area (Å²) in [5, 5.41) is 5.49. The number of rotatable bonds is 11. The van der Waals surface area contributed by atoms with Crippen LogP contribution in [0.3, 0.4) is 0 Å². The van der Waals surface area contributed by atoms with E-state index >= 15 is 0 Å². The van der Waals surface area contributed by atoms with Crippen LogP contribution in [0.25, 0.3) is 10.8 Å². The van der Waals surface area contributed by atoms with Gasteiger partial charge in [0.1, 0.15) is 6.04 Å². The molecule has 3 amide bonds. The molecule has 7 heteroatoms. The fourth-order valence-corrected chi connectivity index (χ4v) is 5.02. The molecule has 36 heavy (non-hydrogen) atoms. The second kappa shape index (κ2) is 11.6. The molecule has 1 N–H and O–H groups in total. The standard InChI is InChI=1S/C29H32ClN3O3/c1-3-17-31-28(35)24(4-2)33(19-21-10-5-6-14-23(21)30)26(34)16-9-18-32-25-15-8-12-20-11-7-13-22(27(20)25)29(32)36/h5-8,10-15,24H,3-4,9,16-19H2,1-2H3,(H,31,35)/t24-/m0/s1. The molecule has 0 radical (unpaired) electrons. The third-order valence-electron chi connectivity index (χ3n) is 6.66. The number of benzene rings is 3. The Morgan fingerprint density at radius 2 is 1.78 bits per heavy atom. The van der Waals surface area contributed by atoms with E-state index in [4.69, 9.17) is 11.6 Å². The van der Waals surface area contributed by atoms with Gasteiger partial charge in [-0.2, -0.15) is 0 Å². The van der Waals surface area contributed by atoms with E-state index in [0.29, 0.717) is 36.5 Å². The Hall–Kier alpha value is -3.38. The van der Waals surface area contributed by atoms with Gasteiger partial charge in [0.25, 0.3) is 5.91 Å². The van der Waals surface area contributed by atoms with E-state index in [1.807, 2.05) is 68.4 Å². The van der Waals surface area contributed by atoms with E-state index in [9.17, 15) is 14.4 Å². The average molecular weight is 506 g/mol. The normalized spacial score (nSPS) is 13.2. The summed E-state index contributed by atoms with van der Waals surface area (Å²) < 4.78 is 0. The zero-order valence-corrected chi connectivity index (χ0v) is 21.6. The number of carbonyl (C=O) groups is 3. The second-order valence-corrected chi connectivity index (χ2v) is 9.48. The number of amides is 3. The first-order valence-electron chi connectivity index (χ1n) is 12.6. The van der Waals surface area contributed by atoms with E-state index in [1.165, 1.54) is 0 Å². The highest BCUT2D eigenvalue weighted by molar-refractivity contribution is 6.31. The van der Waals surface area contributed by atoms with Gasteiger partial charge in [0.15, 0.2) is 0 Å². The minimum Gasteiger partial charge on any atom is -0.354 e. The molecule has 1 aliphatic rings. The van der Waals surface area contributed by atoms with Crippen LogP contribution in [0, 0.1) is 0 Å². The number of nitrogens with one attached hydrogen (secondary N) is 1. The van der Waals surface area contributed by atoms with Gasteiger partial charge in [-0.1, -0.05) is 67.9 Å². The summed E-state index contributed by atoms with van der Waals surface area (Å²) in [6.07, 6.45) is 2.02. The predicted octanol–water partition coefficient (Wildman–Crippen LogP) is 5.57. The molecule has 3 aromatic carbocycles. The van der Waals surface area contributed by atoms with Crippen LogP contribution < -0.4 is 10.2 Å². The Labute approximate surface area is 217 Å². The lowest BCUT2D eigenvalue weighted by molar-refractivity contribution is -0.141. The smallest absolute Gasteiger partial charge is 0.258 e. The monoisotopic (exact) mass is 505 g/mol. The Bertz CT molecular complexity index is 1270. The van der Waals surface area contributed by atoms with Crippen molar-refractivity contribution in [1.82, 2.24) is 10.2 Å². The molecule has 3 aromatic rings. The van der Waals surface area contributed by atoms with Gasteiger partial charge in [-0.15, -0.1) is 0 Å². The lowest BCUT2D eigenvalue weighted by Gasteiger charge is -2.31. The molecule has 0 saturated carbocycles. The lowest BCUT2D eigenvalue weighted by Crippen LogP contribution is -2.49. The fourth-order valence-electron chi connectivity index (χ4n) is 4.83. The van der Waals surface area contributed by atoms with E-state index in [2.05, 4.69) is 5.32 Å². The highest BCUT2D eigenvalue weighted by Crippen LogP contribution is 2.37. The molecule has 4 rings (SSSR count). The molecule has 0 bridgehead atoms. The molecule has 1 heterocycles. The molecule has 0 spiro atoms. The highest BCUT2D eigenvalue weighted by atomic mass is 35.5. The largest absolute Gasteiger partial charge is 0.354 e. The predicted molar refractivity (Wildman–Crippen MR) is 144 cm³/mol. The van der Waals surface area contributed by atoms with Crippen LogP contribution in [0.1, 0.15) is 55.5 Å². The van der Waals surface area contributed by atoms with Crippen molar-refractivity contribution in [3.8, 4) is 0 Å². The Kier molecular flexibility index (Phi) is 8.26. The van der Waals surface area contributed by atoms with E-state index in [1.54, 1.807) is 15.9 Å². The van der Waals surface area contributed by atoms with Crippen LogP contribution >= 0.6 is 11.6 Å². The van der Waals surface area contributed by atoms with Crippen molar-refractivity contribution in [2.75, 3.05) is 18.0 Å². The number of anilines is 1. The van der Waals surface area contributed by atoms with E-state index in [0.717, 1.165) is 28.4 Å². The Morgan fingerprint density at radius 3 is 2.50 bits per heavy atom. The maximum absolute atomic E-state index is 13.5. The molecular weight excluding hydrogens is 474 g/mol. The van der Waals surface area contributed by atoms with Gasteiger partial charge in [-0.25, -0.2) is 0 Å². The zero-order chi connectivity index (χ0) is 25.7. The summed E-state index contributed by atoms with van der Waals surface area (Å²) in [4.78, 5) is 42.9. The molecule has 0 saturated heterocycles. The molecule has 0 fully saturated rings. The average Bonchev–Trinajstić information content (AvgIpc) is 3.16. The Morgan fingerprint density at radius 1 is 1.03 bits per heavy atom. The van der Waals surface area contributed by atoms with Crippen LogP contribution in [-0.2, 0) is 16.1 Å². The molecular formula is C29H32ClN3O3. The summed E-state index contributed by atoms with van der Waals surface area (Å²) in [6, 6.07) is 18.4. The fraction of sp³-hybridized carbons (Fsp3) is 0.345. The minimum atomic E-state index is -0.591. The maximum Gasteiger partial charge on any atom is 0.258 e. The van der Waals surface area contributed by atoms with Crippen LogP contribution in [-0.4, -0.2) is 41.8 Å². The first-order valence-corrected chi connectivity index (χ1v) is 13.0. The van der Waals surface area contributed by atoms with E-state index < -0.39 is 6.04 Å². The third kappa shape index (κ3) is 5.24. The van der Waals surface area contributed by atoms with Crippen molar-refractivity contribution >= 4 is 45.8 Å². The van der Waals surface area contributed by atoms with Gasteiger partial charge < -0.3 is 15.1 Å². The van der Waals surface area contributed by atoms with Crippen molar-refractivity contribution in [2.45, 2.75) is 52.1 Å². The highest BCUT2D eigenvalue weighted by Gasteiger charge is 2.31. The van der Waals surface area contributed by atoms with E-state index in [-0.39, 0.29) is 30.7 Å². The second-order valence-electron chi connectivity index (χ2n) is 9.07. The lowest BCUT2D eigenvalue weighted by atomic mass is 10.1. The van der Waals surface area contributed by atoms with Gasteiger partial charge in [0, 0.05) is 42.0 Å². The first-order chi connectivity index (χ1) is 17.5. The van der Waals surface area contributed by atoms with Crippen LogP contribution in [0.15, 0.2) is 60.7 Å². The number of nitrogens with zero attached hydrogens (tertiary/aromatic N) is 2. The molecule has 0 aliphatic carbocycles. The molecule has 188 valence electrons. The van der Waals surface area contributed by atoms with Crippen LogP contribution in [0.2, 0.25) is 5.02 Å². The maximum atomic E-state index is 13.5. The van der Waals surface area contributed by atoms with Crippen LogP contribution in [0.4, 0.5) is 5.69 Å². The topological polar surface area (TPSA) is 69.7 Å². The summed E-state index contributed by atoms with van der Waals surface area (Å²) in [6.45, 7) is 5.14. The van der Waals surface area contributed by atoms with Gasteiger partial charge in [-0.05, 0) is 48.4 Å². The number of hydrogen-bond acceptors (Lipinski definition) is 3. The van der Waals surface area contributed by atoms with Crippen molar-refractivity contribution in [2.24, 2.45) is 0 Å². The minimum absolute atomic E-state index is 0.0347. The van der Waals surface area contributed by atoms with Crippen molar-refractivity contribution in [3.63, 3.8) is 0 Å². The molecule has 0 unspecified atom stereocenters. The van der Waals surface area contributed by atoms with Crippen LogP contribution in [0.5, 0.6) is 0 Å². The van der Waals surface area contributed by atoms with Gasteiger partial charge in [0.05, 0.1) is 5.69 Å². The quantitative estimate of drug-likeness (QED) is 0.370. The summed E-state index contributed by atoms with van der Waals surface area (Å²) in [5.74, 6) is -0.320.